The zero-order valence-electron chi connectivity index (χ0n) is 12.7. The molecule has 0 saturated carbocycles. The molecule has 26 heavy (non-hydrogen) atoms. The molecule has 0 aromatic rings. The van der Waals surface area contributed by atoms with Gasteiger partial charge >= 0.3 is 145 Å². The van der Waals surface area contributed by atoms with Crippen LogP contribution in [0.25, 0.3) is 10.4 Å². The SMILES string of the molecule is [B][C@@H]1O[C@H](COP2(O)(O)OP(=O)(OP(=O)(O)OC)O2)C(ON=[N+]=[N-])[C@@H]1F. The molecule has 2 aliphatic rings. The predicted molar refractivity (Wildman–Crippen MR) is 78.3 cm³/mol. The van der Waals surface area contributed by atoms with Crippen molar-refractivity contribution < 1.29 is 59.8 Å². The molecule has 3 N–H and O–H groups in total. The Kier molecular flexibility index (Phi) is 6.10. The number of azide groups is 1. The van der Waals surface area contributed by atoms with Crippen LogP contribution in [0, 0.1) is 0 Å². The van der Waals surface area contributed by atoms with Gasteiger partial charge in [0.05, 0.1) is 0 Å². The maximum atomic E-state index is 13.8. The zero-order chi connectivity index (χ0) is 19.8. The Labute approximate surface area is 145 Å². The summed E-state index contributed by atoms with van der Waals surface area (Å²) in [6, 6.07) is -1.51. The molecule has 0 aliphatic carbocycles. The van der Waals surface area contributed by atoms with Crippen LogP contribution in [-0.4, -0.2) is 60.6 Å². The predicted octanol–water partition coefficient (Wildman–Crippen LogP) is 0.876. The average molecular weight is 441 g/mol. The molecule has 0 aromatic carbocycles. The summed E-state index contributed by atoms with van der Waals surface area (Å²) in [4.78, 5) is 35.3. The van der Waals surface area contributed by atoms with Crippen molar-refractivity contribution in [2.45, 2.75) is 24.4 Å². The molecule has 20 heteroatoms. The van der Waals surface area contributed by atoms with E-state index in [1.54, 1.807) is 0 Å². The number of nitrogens with zero attached hydrogens (tertiary/aromatic N) is 3. The van der Waals surface area contributed by atoms with Crippen LogP contribution >= 0.6 is 23.4 Å². The van der Waals surface area contributed by atoms with Gasteiger partial charge in [-0.05, 0) is 0 Å². The maximum absolute atomic E-state index is 13.8. The second-order valence-corrected chi connectivity index (χ2v) is 10.8. The van der Waals surface area contributed by atoms with Crippen molar-refractivity contribution in [1.82, 2.24) is 0 Å². The zero-order valence-corrected chi connectivity index (χ0v) is 15.4. The Bertz CT molecular complexity index is 692. The summed E-state index contributed by atoms with van der Waals surface area (Å²) in [5, 5.41) is 2.69. The van der Waals surface area contributed by atoms with E-state index in [1.807, 2.05) is 0 Å². The van der Waals surface area contributed by atoms with E-state index in [1.165, 1.54) is 0 Å². The summed E-state index contributed by atoms with van der Waals surface area (Å²) in [5.41, 5.74) is 8.18. The van der Waals surface area contributed by atoms with E-state index < -0.39 is 54.4 Å². The Morgan fingerprint density at radius 2 is 2.12 bits per heavy atom. The van der Waals surface area contributed by atoms with Crippen LogP contribution in [0.4, 0.5) is 4.39 Å². The van der Waals surface area contributed by atoms with Gasteiger partial charge in [0.1, 0.15) is 0 Å². The van der Waals surface area contributed by atoms with Gasteiger partial charge in [-0.3, -0.25) is 0 Å². The monoisotopic (exact) mass is 441 g/mol. The topological polar surface area (TPSA) is 208 Å². The fourth-order valence-corrected chi connectivity index (χ4v) is 7.49. The summed E-state index contributed by atoms with van der Waals surface area (Å²) in [6.45, 7) is -0.897. The van der Waals surface area contributed by atoms with Crippen molar-refractivity contribution in [2.24, 2.45) is 5.28 Å². The first-order chi connectivity index (χ1) is 11.8. The fraction of sp³-hybridized carbons (Fsp3) is 1.00. The molecule has 0 spiro atoms. The number of hydrogen-bond donors (Lipinski definition) is 3. The van der Waals surface area contributed by atoms with E-state index in [-0.39, 0.29) is 0 Å². The van der Waals surface area contributed by atoms with Crippen molar-refractivity contribution in [3.05, 3.63) is 10.4 Å². The van der Waals surface area contributed by atoms with Gasteiger partial charge in [-0.25, -0.2) is 0 Å². The Balaban J connectivity index is 1.99. The number of halogens is 1. The van der Waals surface area contributed by atoms with Crippen molar-refractivity contribution in [3.8, 4) is 0 Å². The summed E-state index contributed by atoms with van der Waals surface area (Å²) in [6.07, 6.45) is -4.95. The molecule has 2 aliphatic heterocycles. The first kappa shape index (κ1) is 21.9. The minimum atomic E-state index is -5.97. The van der Waals surface area contributed by atoms with Gasteiger partial charge in [-0.1, -0.05) is 0 Å². The molecule has 15 nitrogen and oxygen atoms in total. The van der Waals surface area contributed by atoms with Crippen molar-refractivity contribution in [1.29, 1.82) is 0 Å². The van der Waals surface area contributed by atoms with Gasteiger partial charge in [0.15, 0.2) is 0 Å². The average Bonchev–Trinajstić information content (AvgIpc) is 2.75. The van der Waals surface area contributed by atoms with E-state index in [0.717, 1.165) is 7.11 Å². The molecule has 2 saturated heterocycles. The van der Waals surface area contributed by atoms with Crippen molar-refractivity contribution in [3.63, 3.8) is 0 Å². The van der Waals surface area contributed by atoms with Crippen molar-refractivity contribution >= 4 is 31.2 Å². The van der Waals surface area contributed by atoms with Gasteiger partial charge in [-0.2, -0.15) is 0 Å². The molecule has 148 valence electrons. The minimum absolute atomic E-state index is 0.735. The number of hydrogen-bond acceptors (Lipinski definition) is 12. The standard InChI is InChI=1S/C6H12BFN3O12P3/c1-17-24(12,13)21-25(14)22-26(15,16,23-25)18-2-3-5(20-11-10-9)4(8)6(7)19-3/h3-6,15-16H,2H2,1H3,(H,12,13)/t3-,4+,5?,6-/m1/s1. The Morgan fingerprint density at radius 1 is 1.50 bits per heavy atom. The molecule has 5 atom stereocenters. The van der Waals surface area contributed by atoms with Gasteiger partial charge < -0.3 is 0 Å². The van der Waals surface area contributed by atoms with Gasteiger partial charge in [0.2, 0.25) is 0 Å². The van der Waals surface area contributed by atoms with Crippen LogP contribution in [0.2, 0.25) is 0 Å². The molecule has 2 heterocycles. The van der Waals surface area contributed by atoms with Gasteiger partial charge in [0, 0.05) is 0 Å². The van der Waals surface area contributed by atoms with Crippen LogP contribution < -0.4 is 0 Å². The van der Waals surface area contributed by atoms with Gasteiger partial charge in [-0.15, -0.1) is 0 Å². The quantitative estimate of drug-likeness (QED) is 0.120. The number of alkyl halides is 1. The molecule has 2 rings (SSSR count). The molecule has 0 aromatic heterocycles. The molecular weight excluding hydrogens is 429 g/mol. The second kappa shape index (κ2) is 7.23. The Morgan fingerprint density at radius 3 is 2.65 bits per heavy atom. The molecular formula is C6H12BFN3O12P3. The number of phosphoric ester groups is 1. The van der Waals surface area contributed by atoms with E-state index in [9.17, 15) is 23.3 Å². The number of phosphoric acid groups is 2. The molecule has 2 radical (unpaired) electrons. The normalized spacial score (nSPS) is 41.7. The number of ether oxygens (including phenoxy) is 1. The third-order valence-electron chi connectivity index (χ3n) is 2.90. The van der Waals surface area contributed by atoms with E-state index in [2.05, 4.69) is 37.0 Å². The molecule has 0 bridgehead atoms. The van der Waals surface area contributed by atoms with Crippen LogP contribution in [0.5, 0.6) is 0 Å². The second-order valence-electron chi connectivity index (χ2n) is 4.77. The van der Waals surface area contributed by atoms with Crippen LogP contribution in [-0.2, 0) is 40.7 Å². The van der Waals surface area contributed by atoms with Crippen LogP contribution in [0.1, 0.15) is 0 Å². The molecule has 2 unspecified atom stereocenters. The summed E-state index contributed by atoms with van der Waals surface area (Å²) < 4.78 is 62.4. The van der Waals surface area contributed by atoms with E-state index in [0.29, 0.717) is 0 Å². The summed E-state index contributed by atoms with van der Waals surface area (Å²) in [7, 11) is -9.67. The third-order valence-corrected chi connectivity index (χ3v) is 9.42. The van der Waals surface area contributed by atoms with Gasteiger partial charge in [0.25, 0.3) is 0 Å². The van der Waals surface area contributed by atoms with Crippen LogP contribution in [0.15, 0.2) is 5.28 Å². The van der Waals surface area contributed by atoms with Crippen molar-refractivity contribution in [2.75, 3.05) is 13.7 Å². The molecule has 0 amide bonds. The van der Waals surface area contributed by atoms with E-state index >= 15 is 0 Å². The summed E-state index contributed by atoms with van der Waals surface area (Å²) in [5.74, 6) is 0. The first-order valence-electron chi connectivity index (χ1n) is 6.37. The van der Waals surface area contributed by atoms with E-state index in [4.69, 9.17) is 23.0 Å². The summed E-state index contributed by atoms with van der Waals surface area (Å²) >= 11 is 0. The Hall–Kier alpha value is -0.365. The first-order valence-corrected chi connectivity index (χ1v) is 11.2. The molecule has 2 fully saturated rings. The fourth-order valence-electron chi connectivity index (χ4n) is 1.87. The number of rotatable bonds is 8. The van der Waals surface area contributed by atoms with Crippen LogP contribution in [0.3, 0.4) is 0 Å². The third kappa shape index (κ3) is 4.92.